The normalized spacial score (nSPS) is 21.2. The molecule has 1 unspecified atom stereocenters. The van der Waals surface area contributed by atoms with Gasteiger partial charge in [0, 0.05) is 24.7 Å². The largest absolute Gasteiger partial charge is 0.444 e. The average Bonchev–Trinajstić information content (AvgIpc) is 3.14. The van der Waals surface area contributed by atoms with Crippen molar-refractivity contribution in [1.82, 2.24) is 9.80 Å². The molecule has 1 N–H and O–H groups in total. The van der Waals surface area contributed by atoms with Crippen LogP contribution in [0.15, 0.2) is 12.1 Å². The van der Waals surface area contributed by atoms with Crippen molar-refractivity contribution >= 4 is 23.6 Å². The number of hydrogen-bond acceptors (Lipinski definition) is 4. The molecule has 2 aliphatic rings. The van der Waals surface area contributed by atoms with Crippen molar-refractivity contribution in [3.8, 4) is 0 Å². The standard InChI is InChI=1S/C22H28ClF3N2O4/c1-20(2,3)32-19(30)28-8-5-6-17(28)15-11-14(23)10-13-7-9-27(12-16(13)15)18(29)21(4,31)22(24,25)26/h10-11,17,31H,5-9,12H2,1-4H3/t17?,21-/m1/s1. The first-order valence-electron chi connectivity index (χ1n) is 10.5. The lowest BCUT2D eigenvalue weighted by Gasteiger charge is -2.37. The highest BCUT2D eigenvalue weighted by atomic mass is 35.5. The molecule has 2 amide bonds. The Balaban J connectivity index is 1.94. The predicted octanol–water partition coefficient (Wildman–Crippen LogP) is 4.61. The van der Waals surface area contributed by atoms with Crippen molar-refractivity contribution in [2.75, 3.05) is 13.1 Å². The topological polar surface area (TPSA) is 70.1 Å². The summed E-state index contributed by atoms with van der Waals surface area (Å²) in [5.74, 6) is -1.40. The zero-order valence-corrected chi connectivity index (χ0v) is 19.3. The molecular formula is C22H28ClF3N2O4. The number of aliphatic hydroxyl groups is 1. The first kappa shape index (κ1) is 24.6. The van der Waals surface area contributed by atoms with Gasteiger partial charge in [0.1, 0.15) is 5.60 Å². The maximum absolute atomic E-state index is 13.2. The maximum Gasteiger partial charge on any atom is 0.426 e. The molecule has 1 aromatic carbocycles. The number of nitrogens with zero attached hydrogens (tertiary/aromatic N) is 2. The first-order chi connectivity index (χ1) is 14.6. The van der Waals surface area contributed by atoms with Crippen LogP contribution in [0.2, 0.25) is 5.02 Å². The number of alkyl halides is 3. The van der Waals surface area contributed by atoms with Gasteiger partial charge in [0.2, 0.25) is 5.60 Å². The molecule has 10 heteroatoms. The summed E-state index contributed by atoms with van der Waals surface area (Å²) >= 11 is 6.32. The van der Waals surface area contributed by atoms with Crippen LogP contribution in [0.25, 0.3) is 0 Å². The molecule has 32 heavy (non-hydrogen) atoms. The molecule has 0 aliphatic carbocycles. The van der Waals surface area contributed by atoms with Gasteiger partial charge in [0.15, 0.2) is 0 Å². The van der Waals surface area contributed by atoms with Gasteiger partial charge in [-0.15, -0.1) is 0 Å². The van der Waals surface area contributed by atoms with Crippen LogP contribution in [0.3, 0.4) is 0 Å². The highest BCUT2D eigenvalue weighted by molar-refractivity contribution is 6.30. The smallest absolute Gasteiger partial charge is 0.426 e. The Morgan fingerprint density at radius 2 is 1.81 bits per heavy atom. The Morgan fingerprint density at radius 1 is 1.16 bits per heavy atom. The number of fused-ring (bicyclic) bond motifs is 1. The van der Waals surface area contributed by atoms with Crippen LogP contribution in [0.5, 0.6) is 0 Å². The summed E-state index contributed by atoms with van der Waals surface area (Å²) in [6, 6.07) is 3.07. The molecule has 0 saturated carbocycles. The highest BCUT2D eigenvalue weighted by Crippen LogP contribution is 2.40. The van der Waals surface area contributed by atoms with E-state index >= 15 is 0 Å². The number of carbonyl (C=O) groups is 2. The predicted molar refractivity (Wildman–Crippen MR) is 112 cm³/mol. The molecule has 6 nitrogen and oxygen atoms in total. The lowest BCUT2D eigenvalue weighted by Crippen LogP contribution is -2.56. The van der Waals surface area contributed by atoms with Crippen molar-refractivity contribution in [2.45, 2.75) is 76.9 Å². The lowest BCUT2D eigenvalue weighted by atomic mass is 9.89. The molecule has 2 aliphatic heterocycles. The molecule has 0 radical (unpaired) electrons. The van der Waals surface area contributed by atoms with Crippen molar-refractivity contribution in [3.05, 3.63) is 33.8 Å². The fourth-order valence-electron chi connectivity index (χ4n) is 4.19. The second-order valence-electron chi connectivity index (χ2n) is 9.51. The van der Waals surface area contributed by atoms with Crippen LogP contribution < -0.4 is 0 Å². The monoisotopic (exact) mass is 476 g/mol. The van der Waals surface area contributed by atoms with Crippen LogP contribution in [0.1, 0.15) is 63.3 Å². The van der Waals surface area contributed by atoms with Crippen LogP contribution in [0, 0.1) is 0 Å². The minimum Gasteiger partial charge on any atom is -0.444 e. The molecule has 0 spiro atoms. The summed E-state index contributed by atoms with van der Waals surface area (Å²) in [6.45, 7) is 6.18. The van der Waals surface area contributed by atoms with E-state index in [1.807, 2.05) is 0 Å². The number of carbonyl (C=O) groups excluding carboxylic acids is 2. The Morgan fingerprint density at radius 3 is 2.41 bits per heavy atom. The summed E-state index contributed by atoms with van der Waals surface area (Å²) in [5.41, 5.74) is -1.98. The van der Waals surface area contributed by atoms with Gasteiger partial charge in [-0.05, 0) is 75.8 Å². The fourth-order valence-corrected chi connectivity index (χ4v) is 4.44. The van der Waals surface area contributed by atoms with E-state index in [0.717, 1.165) is 16.9 Å². The van der Waals surface area contributed by atoms with Gasteiger partial charge in [-0.1, -0.05) is 11.6 Å². The van der Waals surface area contributed by atoms with Crippen LogP contribution in [-0.4, -0.2) is 57.4 Å². The van der Waals surface area contributed by atoms with E-state index in [9.17, 15) is 27.9 Å². The zero-order valence-electron chi connectivity index (χ0n) is 18.6. The lowest BCUT2D eigenvalue weighted by molar-refractivity contribution is -0.250. The molecule has 3 rings (SSSR count). The summed E-state index contributed by atoms with van der Waals surface area (Å²) in [5, 5.41) is 10.3. The van der Waals surface area contributed by atoms with Gasteiger partial charge in [0.25, 0.3) is 5.91 Å². The molecule has 2 heterocycles. The third-order valence-corrected chi connectivity index (χ3v) is 6.06. The van der Waals surface area contributed by atoms with Crippen LogP contribution in [0.4, 0.5) is 18.0 Å². The van der Waals surface area contributed by atoms with E-state index in [2.05, 4.69) is 0 Å². The number of benzene rings is 1. The number of hydrogen-bond donors (Lipinski definition) is 1. The number of likely N-dealkylation sites (tertiary alicyclic amines) is 1. The minimum atomic E-state index is -5.09. The van der Waals surface area contributed by atoms with Crippen molar-refractivity contribution in [2.24, 2.45) is 0 Å². The number of ether oxygens (including phenoxy) is 1. The number of amides is 2. The highest BCUT2D eigenvalue weighted by Gasteiger charge is 2.57. The van der Waals surface area contributed by atoms with E-state index in [1.54, 1.807) is 37.8 Å². The third kappa shape index (κ3) is 4.83. The second kappa shape index (κ2) is 8.41. The van der Waals surface area contributed by atoms with Gasteiger partial charge in [-0.25, -0.2) is 4.79 Å². The third-order valence-electron chi connectivity index (χ3n) is 5.84. The van der Waals surface area contributed by atoms with Crippen molar-refractivity contribution in [1.29, 1.82) is 0 Å². The van der Waals surface area contributed by atoms with E-state index < -0.39 is 29.4 Å². The van der Waals surface area contributed by atoms with Crippen LogP contribution >= 0.6 is 11.6 Å². The first-order valence-corrected chi connectivity index (χ1v) is 10.9. The van der Waals surface area contributed by atoms with E-state index in [0.29, 0.717) is 42.5 Å². The van der Waals surface area contributed by atoms with Crippen LogP contribution in [-0.2, 0) is 22.5 Å². The van der Waals surface area contributed by atoms with Gasteiger partial charge < -0.3 is 19.6 Å². The molecule has 0 aromatic heterocycles. The summed E-state index contributed by atoms with van der Waals surface area (Å²) in [6.07, 6.45) is -3.90. The summed E-state index contributed by atoms with van der Waals surface area (Å²) < 4.78 is 45.2. The summed E-state index contributed by atoms with van der Waals surface area (Å²) in [4.78, 5) is 27.9. The molecule has 1 fully saturated rings. The van der Waals surface area contributed by atoms with E-state index in [-0.39, 0.29) is 19.1 Å². The van der Waals surface area contributed by atoms with E-state index in [4.69, 9.17) is 16.3 Å². The fraction of sp³-hybridized carbons (Fsp3) is 0.636. The zero-order chi connectivity index (χ0) is 24.1. The summed E-state index contributed by atoms with van der Waals surface area (Å²) in [7, 11) is 0. The molecule has 1 saturated heterocycles. The molecule has 1 aromatic rings. The molecule has 0 bridgehead atoms. The second-order valence-corrected chi connectivity index (χ2v) is 9.95. The van der Waals surface area contributed by atoms with Gasteiger partial charge >= 0.3 is 12.3 Å². The van der Waals surface area contributed by atoms with Gasteiger partial charge in [-0.3, -0.25) is 4.79 Å². The van der Waals surface area contributed by atoms with Crippen molar-refractivity contribution in [3.63, 3.8) is 0 Å². The quantitative estimate of drug-likeness (QED) is 0.676. The van der Waals surface area contributed by atoms with E-state index in [1.165, 1.54) is 0 Å². The van der Waals surface area contributed by atoms with Gasteiger partial charge in [0.05, 0.1) is 6.04 Å². The van der Waals surface area contributed by atoms with Crippen molar-refractivity contribution < 1.29 is 32.6 Å². The SMILES string of the molecule is CC(C)(C)OC(=O)N1CCCC1c1cc(Cl)cc2c1CN(C(=O)[C@@](C)(O)C(F)(F)F)CC2. The van der Waals surface area contributed by atoms with Gasteiger partial charge in [-0.2, -0.15) is 13.2 Å². The number of rotatable bonds is 2. The Labute approximate surface area is 190 Å². The number of halogens is 4. The average molecular weight is 477 g/mol. The minimum absolute atomic E-state index is 0.0261. The Bertz CT molecular complexity index is 912. The molecule has 2 atom stereocenters. The molecule has 178 valence electrons. The maximum atomic E-state index is 13.2. The molecular weight excluding hydrogens is 449 g/mol. The Hall–Kier alpha value is -2.00. The Kier molecular flexibility index (Phi) is 6.47.